The number of aryl methyl sites for hydroxylation is 1. The third kappa shape index (κ3) is 2.90. The van der Waals surface area contributed by atoms with Gasteiger partial charge in [0.1, 0.15) is 0 Å². The highest BCUT2D eigenvalue weighted by molar-refractivity contribution is 5.55. The molecule has 1 aliphatic rings. The van der Waals surface area contributed by atoms with Gasteiger partial charge in [0, 0.05) is 31.0 Å². The van der Waals surface area contributed by atoms with Gasteiger partial charge in [0.15, 0.2) is 5.82 Å². The van der Waals surface area contributed by atoms with Crippen molar-refractivity contribution in [3.63, 3.8) is 0 Å². The number of pyridine rings is 1. The smallest absolute Gasteiger partial charge is 0.245 e. The second-order valence-electron chi connectivity index (χ2n) is 6.27. The zero-order valence-electron chi connectivity index (χ0n) is 12.6. The van der Waals surface area contributed by atoms with Crippen LogP contribution in [0, 0.1) is 12.3 Å². The number of piperidine rings is 1. The van der Waals surface area contributed by atoms with Crippen molar-refractivity contribution in [2.24, 2.45) is 11.1 Å². The van der Waals surface area contributed by atoms with Crippen molar-refractivity contribution in [3.05, 3.63) is 24.0 Å². The van der Waals surface area contributed by atoms with E-state index in [-0.39, 0.29) is 5.41 Å². The Bertz CT molecular complexity index is 622. The highest BCUT2D eigenvalue weighted by Gasteiger charge is 2.31. The lowest BCUT2D eigenvalue weighted by atomic mass is 9.82. The molecule has 0 spiro atoms. The molecule has 0 aliphatic carbocycles. The topological polar surface area (TPSA) is 83.7 Å². The monoisotopic (exact) mass is 286 g/mol. The number of rotatable bonds is 3. The van der Waals surface area contributed by atoms with E-state index in [1.54, 1.807) is 6.20 Å². The summed E-state index contributed by atoms with van der Waals surface area (Å²) in [5, 5.41) is 7.38. The minimum atomic E-state index is 0.157. The summed E-state index contributed by atoms with van der Waals surface area (Å²) in [7, 11) is 0. The molecule has 0 saturated carbocycles. The van der Waals surface area contributed by atoms with E-state index in [4.69, 9.17) is 5.73 Å². The normalized spacial score (nSPS) is 22.5. The number of hydrogen-bond donors (Lipinski definition) is 2. The lowest BCUT2D eigenvalue weighted by Crippen LogP contribution is -2.46. The maximum absolute atomic E-state index is 5.91. The standard InChI is InChI=1S/C15H22N6/c1-11-6-12(8-17-7-11)13-18-14(20-19-13)21-5-3-4-15(2,9-16)10-21/h6-8H,3-5,9-10,16H2,1-2H3,(H,18,19,20). The molecule has 21 heavy (non-hydrogen) atoms. The summed E-state index contributed by atoms with van der Waals surface area (Å²) in [4.78, 5) is 11.0. The molecule has 1 saturated heterocycles. The molecule has 6 heteroatoms. The number of H-pyrrole nitrogens is 1. The van der Waals surface area contributed by atoms with E-state index in [2.05, 4.69) is 38.1 Å². The number of anilines is 1. The van der Waals surface area contributed by atoms with Gasteiger partial charge in [0.2, 0.25) is 5.95 Å². The number of nitrogens with two attached hydrogens (primary N) is 1. The molecule has 1 aliphatic heterocycles. The highest BCUT2D eigenvalue weighted by Crippen LogP contribution is 2.30. The van der Waals surface area contributed by atoms with Gasteiger partial charge in [0.25, 0.3) is 0 Å². The second-order valence-corrected chi connectivity index (χ2v) is 6.27. The van der Waals surface area contributed by atoms with Crippen LogP contribution in [0.25, 0.3) is 11.4 Å². The van der Waals surface area contributed by atoms with Gasteiger partial charge >= 0.3 is 0 Å². The Balaban J connectivity index is 1.82. The van der Waals surface area contributed by atoms with Crippen molar-refractivity contribution in [2.45, 2.75) is 26.7 Å². The quantitative estimate of drug-likeness (QED) is 0.898. The van der Waals surface area contributed by atoms with Crippen LogP contribution in [-0.2, 0) is 0 Å². The van der Waals surface area contributed by atoms with Crippen molar-refractivity contribution in [2.75, 3.05) is 24.5 Å². The summed E-state index contributed by atoms with van der Waals surface area (Å²) in [6, 6.07) is 2.05. The molecule has 0 amide bonds. The molecule has 1 atom stereocenters. The first-order valence-corrected chi connectivity index (χ1v) is 7.39. The predicted octanol–water partition coefficient (Wildman–Crippen LogP) is 1.74. The first kappa shape index (κ1) is 14.0. The van der Waals surface area contributed by atoms with Gasteiger partial charge in [-0.05, 0) is 43.4 Å². The summed E-state index contributed by atoms with van der Waals surface area (Å²) in [5.41, 5.74) is 8.14. The number of nitrogens with one attached hydrogen (secondary N) is 1. The molecule has 0 radical (unpaired) electrons. The SMILES string of the molecule is Cc1cncc(-c2nc(N3CCCC(C)(CN)C3)n[nH]2)c1. The minimum Gasteiger partial charge on any atom is -0.339 e. The molecule has 3 heterocycles. The zero-order chi connectivity index (χ0) is 14.9. The van der Waals surface area contributed by atoms with Crippen LogP contribution < -0.4 is 10.6 Å². The van der Waals surface area contributed by atoms with E-state index in [0.717, 1.165) is 42.4 Å². The van der Waals surface area contributed by atoms with Crippen LogP contribution in [0.1, 0.15) is 25.3 Å². The zero-order valence-corrected chi connectivity index (χ0v) is 12.6. The van der Waals surface area contributed by atoms with Gasteiger partial charge < -0.3 is 10.6 Å². The summed E-state index contributed by atoms with van der Waals surface area (Å²) in [5.74, 6) is 1.52. The average Bonchev–Trinajstić information content (AvgIpc) is 2.97. The Morgan fingerprint density at radius 2 is 2.29 bits per heavy atom. The molecule has 0 bridgehead atoms. The predicted molar refractivity (Wildman–Crippen MR) is 83.0 cm³/mol. The van der Waals surface area contributed by atoms with E-state index >= 15 is 0 Å². The summed E-state index contributed by atoms with van der Waals surface area (Å²) >= 11 is 0. The Labute approximate surface area is 124 Å². The van der Waals surface area contributed by atoms with E-state index in [1.807, 2.05) is 13.1 Å². The molecule has 1 unspecified atom stereocenters. The van der Waals surface area contributed by atoms with Crippen LogP contribution in [0.2, 0.25) is 0 Å². The van der Waals surface area contributed by atoms with Gasteiger partial charge in [-0.2, -0.15) is 4.98 Å². The van der Waals surface area contributed by atoms with Crippen molar-refractivity contribution in [3.8, 4) is 11.4 Å². The second kappa shape index (κ2) is 5.44. The molecular weight excluding hydrogens is 264 g/mol. The van der Waals surface area contributed by atoms with Crippen LogP contribution >= 0.6 is 0 Å². The number of hydrogen-bond acceptors (Lipinski definition) is 5. The molecule has 2 aromatic heterocycles. The van der Waals surface area contributed by atoms with E-state index in [0.29, 0.717) is 6.54 Å². The molecule has 1 fully saturated rings. The fourth-order valence-corrected chi connectivity index (χ4v) is 2.86. The summed E-state index contributed by atoms with van der Waals surface area (Å²) < 4.78 is 0. The number of aromatic amines is 1. The Morgan fingerprint density at radius 3 is 3.05 bits per heavy atom. The van der Waals surface area contributed by atoms with Crippen LogP contribution in [0.4, 0.5) is 5.95 Å². The summed E-state index contributed by atoms with van der Waals surface area (Å²) in [6.07, 6.45) is 5.93. The van der Waals surface area contributed by atoms with Gasteiger partial charge in [-0.15, -0.1) is 5.10 Å². The van der Waals surface area contributed by atoms with Gasteiger partial charge in [-0.1, -0.05) is 6.92 Å². The Morgan fingerprint density at radius 1 is 1.43 bits per heavy atom. The lowest BCUT2D eigenvalue weighted by Gasteiger charge is -2.39. The first-order valence-electron chi connectivity index (χ1n) is 7.39. The van der Waals surface area contributed by atoms with Crippen molar-refractivity contribution in [1.29, 1.82) is 0 Å². The van der Waals surface area contributed by atoms with Gasteiger partial charge in [-0.3, -0.25) is 10.1 Å². The Kier molecular flexibility index (Phi) is 3.63. The minimum absolute atomic E-state index is 0.157. The van der Waals surface area contributed by atoms with Crippen molar-refractivity contribution in [1.82, 2.24) is 20.2 Å². The molecule has 3 rings (SSSR count). The lowest BCUT2D eigenvalue weighted by molar-refractivity contribution is 0.270. The van der Waals surface area contributed by atoms with Gasteiger partial charge in [-0.25, -0.2) is 0 Å². The van der Waals surface area contributed by atoms with Crippen LogP contribution in [0.5, 0.6) is 0 Å². The van der Waals surface area contributed by atoms with Crippen LogP contribution in [-0.4, -0.2) is 39.8 Å². The molecule has 0 aromatic carbocycles. The van der Waals surface area contributed by atoms with Crippen LogP contribution in [0.3, 0.4) is 0 Å². The van der Waals surface area contributed by atoms with Crippen molar-refractivity contribution < 1.29 is 0 Å². The van der Waals surface area contributed by atoms with Crippen molar-refractivity contribution >= 4 is 5.95 Å². The molecular formula is C15H22N6. The number of nitrogens with zero attached hydrogens (tertiary/aromatic N) is 4. The van der Waals surface area contributed by atoms with Gasteiger partial charge in [0.05, 0.1) is 0 Å². The summed E-state index contributed by atoms with van der Waals surface area (Å²) in [6.45, 7) is 6.84. The van der Waals surface area contributed by atoms with E-state index < -0.39 is 0 Å². The number of aromatic nitrogens is 4. The maximum Gasteiger partial charge on any atom is 0.245 e. The van der Waals surface area contributed by atoms with E-state index in [9.17, 15) is 0 Å². The molecule has 2 aromatic rings. The molecule has 112 valence electrons. The largest absolute Gasteiger partial charge is 0.339 e. The van der Waals surface area contributed by atoms with Crippen LogP contribution in [0.15, 0.2) is 18.5 Å². The third-order valence-corrected chi connectivity index (χ3v) is 4.18. The average molecular weight is 286 g/mol. The third-order valence-electron chi connectivity index (χ3n) is 4.18. The molecule has 3 N–H and O–H groups in total. The maximum atomic E-state index is 5.91. The fourth-order valence-electron chi connectivity index (χ4n) is 2.86. The first-order chi connectivity index (χ1) is 10.1. The molecule has 6 nitrogen and oxygen atoms in total. The highest BCUT2D eigenvalue weighted by atomic mass is 15.4. The fraction of sp³-hybridized carbons (Fsp3) is 0.533. The Hall–Kier alpha value is -1.95. The van der Waals surface area contributed by atoms with E-state index in [1.165, 1.54) is 6.42 Å².